The van der Waals surface area contributed by atoms with Crippen molar-refractivity contribution >= 4 is 12.0 Å². The molecule has 1 aromatic carbocycles. The van der Waals surface area contributed by atoms with Crippen molar-refractivity contribution in [2.75, 3.05) is 65.8 Å². The Kier molecular flexibility index (Phi) is 11.7. The Morgan fingerprint density at radius 2 is 2.00 bits per heavy atom. The molecule has 2 heterocycles. The van der Waals surface area contributed by atoms with Crippen molar-refractivity contribution in [3.63, 3.8) is 0 Å². The van der Waals surface area contributed by atoms with Gasteiger partial charge in [-0.25, -0.2) is 4.79 Å². The van der Waals surface area contributed by atoms with Crippen LogP contribution in [-0.2, 0) is 30.2 Å². The maximum absolute atomic E-state index is 12.3. The van der Waals surface area contributed by atoms with Crippen LogP contribution in [0.4, 0.5) is 4.79 Å². The highest BCUT2D eigenvalue weighted by Crippen LogP contribution is 2.22. The number of amides is 2. The zero-order valence-electron chi connectivity index (χ0n) is 22.0. The number of nitrogens with zero attached hydrogens (tertiary/aromatic N) is 3. The molecule has 0 unspecified atom stereocenters. The number of aliphatic hydroxyl groups is 1. The molecule has 0 aromatic heterocycles. The van der Waals surface area contributed by atoms with E-state index in [-0.39, 0.29) is 51.3 Å². The molecule has 0 spiro atoms. The van der Waals surface area contributed by atoms with E-state index in [0.717, 1.165) is 10.6 Å². The van der Waals surface area contributed by atoms with Gasteiger partial charge in [0.25, 0.3) is 0 Å². The minimum absolute atomic E-state index is 0.0603. The lowest BCUT2D eigenvalue weighted by Gasteiger charge is -2.29. The molecule has 2 aliphatic rings. The largest absolute Gasteiger partial charge is 0.491 e. The molecule has 2 saturated heterocycles. The van der Waals surface area contributed by atoms with E-state index in [1.54, 1.807) is 12.1 Å². The number of rotatable bonds is 14. The van der Waals surface area contributed by atoms with Crippen LogP contribution in [-0.4, -0.2) is 111 Å². The number of urea groups is 1. The summed E-state index contributed by atoms with van der Waals surface area (Å²) in [5.74, 6) is -0.356. The first kappa shape index (κ1) is 29.7. The standard InChI is InChI=1S/C25H38N4O9/c1-25(2)37-18-22(38-25)17-36-23(31)8-5-19-3-6-21(7-4-19)35-16-20(30)15-26-9-10-29(27-33)24(32)28-11-13-34-14-12-28/h3-4,6-7,20,22,26,30H,5,8-18H2,1-2H3/t20-,22+/m0/s1. The first-order chi connectivity index (χ1) is 18.3. The molecule has 0 radical (unpaired) electrons. The summed E-state index contributed by atoms with van der Waals surface area (Å²) in [7, 11) is 0. The number of aliphatic hydroxyl groups excluding tert-OH is 1. The van der Waals surface area contributed by atoms with Crippen molar-refractivity contribution in [2.45, 2.75) is 44.7 Å². The highest BCUT2D eigenvalue weighted by atomic mass is 16.7. The van der Waals surface area contributed by atoms with E-state index in [2.05, 4.69) is 10.6 Å². The third kappa shape index (κ3) is 10.1. The van der Waals surface area contributed by atoms with Gasteiger partial charge >= 0.3 is 12.0 Å². The first-order valence-electron chi connectivity index (χ1n) is 12.8. The van der Waals surface area contributed by atoms with Crippen molar-refractivity contribution in [3.05, 3.63) is 34.7 Å². The molecule has 2 atom stereocenters. The summed E-state index contributed by atoms with van der Waals surface area (Å²) in [4.78, 5) is 36.9. The molecule has 2 N–H and O–H groups in total. The van der Waals surface area contributed by atoms with Gasteiger partial charge in [0.05, 0.1) is 31.7 Å². The number of carbonyl (C=O) groups excluding carboxylic acids is 2. The van der Waals surface area contributed by atoms with Crippen LogP contribution in [0, 0.1) is 4.91 Å². The van der Waals surface area contributed by atoms with E-state index >= 15 is 0 Å². The fourth-order valence-corrected chi connectivity index (χ4v) is 3.90. The molecule has 0 bridgehead atoms. The second kappa shape index (κ2) is 14.9. The molecule has 3 rings (SSSR count). The number of nitrogens with one attached hydrogen (secondary N) is 1. The van der Waals surface area contributed by atoms with E-state index in [9.17, 15) is 19.6 Å². The van der Waals surface area contributed by atoms with Gasteiger partial charge in [-0.05, 0) is 38.0 Å². The average Bonchev–Trinajstić information content (AvgIpc) is 3.28. The smallest absolute Gasteiger partial charge is 0.343 e. The first-order valence-corrected chi connectivity index (χ1v) is 12.8. The molecule has 2 aliphatic heterocycles. The summed E-state index contributed by atoms with van der Waals surface area (Å²) in [5, 5.41) is 16.8. The molecule has 0 saturated carbocycles. The lowest BCUT2D eigenvalue weighted by Crippen LogP contribution is -2.48. The summed E-state index contributed by atoms with van der Waals surface area (Å²) in [6.07, 6.45) is -0.267. The molecule has 2 fully saturated rings. The number of morpholine rings is 1. The maximum Gasteiger partial charge on any atom is 0.343 e. The van der Waals surface area contributed by atoms with E-state index in [1.165, 1.54) is 4.90 Å². The molecular weight excluding hydrogens is 500 g/mol. The van der Waals surface area contributed by atoms with Crippen molar-refractivity contribution in [1.29, 1.82) is 0 Å². The molecule has 0 aliphatic carbocycles. The van der Waals surface area contributed by atoms with E-state index in [4.69, 9.17) is 23.7 Å². The van der Waals surface area contributed by atoms with E-state index in [0.29, 0.717) is 45.1 Å². The molecule has 2 amide bonds. The van der Waals surface area contributed by atoms with Gasteiger partial charge in [-0.3, -0.25) is 4.79 Å². The summed E-state index contributed by atoms with van der Waals surface area (Å²) in [6, 6.07) is 6.81. The number of carbonyl (C=O) groups is 2. The highest BCUT2D eigenvalue weighted by molar-refractivity contribution is 5.74. The monoisotopic (exact) mass is 538 g/mol. The highest BCUT2D eigenvalue weighted by Gasteiger charge is 2.33. The minimum atomic E-state index is -0.795. The predicted molar refractivity (Wildman–Crippen MR) is 135 cm³/mol. The van der Waals surface area contributed by atoms with Crippen LogP contribution in [0.25, 0.3) is 0 Å². The van der Waals surface area contributed by atoms with Gasteiger partial charge in [-0.1, -0.05) is 12.1 Å². The van der Waals surface area contributed by atoms with Gasteiger partial charge < -0.3 is 39.0 Å². The van der Waals surface area contributed by atoms with Crippen LogP contribution in [0.1, 0.15) is 25.8 Å². The van der Waals surface area contributed by atoms with E-state index in [1.807, 2.05) is 26.0 Å². The van der Waals surface area contributed by atoms with Gasteiger partial charge in [-0.15, -0.1) is 4.91 Å². The molecule has 38 heavy (non-hydrogen) atoms. The maximum atomic E-state index is 12.3. The average molecular weight is 539 g/mol. The summed E-state index contributed by atoms with van der Waals surface area (Å²) in [5.41, 5.74) is 0.957. The topological polar surface area (TPSA) is 148 Å². The molecule has 13 nitrogen and oxygen atoms in total. The SMILES string of the molecule is CC1(C)OC[C@@H](COC(=O)CCc2ccc(OC[C@@H](O)CNCCN(N=O)C(=O)N3CCOCC3)cc2)O1. The Hall–Kier alpha value is -2.84. The fraction of sp³-hybridized carbons (Fsp3) is 0.680. The van der Waals surface area contributed by atoms with Crippen molar-refractivity contribution in [1.82, 2.24) is 15.2 Å². The number of nitroso groups, excluding NO2 is 1. The normalized spacial score (nSPS) is 19.6. The van der Waals surface area contributed by atoms with Crippen LogP contribution >= 0.6 is 0 Å². The Labute approximate surface area is 222 Å². The van der Waals surface area contributed by atoms with Gasteiger partial charge in [0.15, 0.2) is 5.79 Å². The van der Waals surface area contributed by atoms with Crippen molar-refractivity contribution < 1.29 is 38.4 Å². The van der Waals surface area contributed by atoms with Gasteiger partial charge in [-0.2, -0.15) is 5.01 Å². The van der Waals surface area contributed by atoms with E-state index < -0.39 is 17.9 Å². The number of hydrogen-bond donors (Lipinski definition) is 2. The zero-order valence-corrected chi connectivity index (χ0v) is 22.0. The summed E-state index contributed by atoms with van der Waals surface area (Å²) in [6.45, 7) is 6.59. The van der Waals surface area contributed by atoms with Crippen LogP contribution in [0.3, 0.4) is 0 Å². The molecular formula is C25H38N4O9. The van der Waals surface area contributed by atoms with Gasteiger partial charge in [0.1, 0.15) is 31.2 Å². The number of ether oxygens (including phenoxy) is 5. The van der Waals surface area contributed by atoms with Gasteiger partial charge in [0.2, 0.25) is 0 Å². The third-order valence-corrected chi connectivity index (χ3v) is 5.96. The second-order valence-electron chi connectivity index (χ2n) is 9.53. The number of benzene rings is 1. The van der Waals surface area contributed by atoms with Gasteiger partial charge in [0, 0.05) is 32.6 Å². The van der Waals surface area contributed by atoms with Crippen molar-refractivity contribution in [3.8, 4) is 5.75 Å². The van der Waals surface area contributed by atoms with Crippen LogP contribution in [0.15, 0.2) is 29.6 Å². The van der Waals surface area contributed by atoms with Crippen LogP contribution in [0.2, 0.25) is 0 Å². The minimum Gasteiger partial charge on any atom is -0.491 e. The Morgan fingerprint density at radius 1 is 1.26 bits per heavy atom. The Balaban J connectivity index is 1.26. The summed E-state index contributed by atoms with van der Waals surface area (Å²) >= 11 is 0. The zero-order chi connectivity index (χ0) is 27.4. The third-order valence-electron chi connectivity index (χ3n) is 5.96. The Morgan fingerprint density at radius 3 is 2.66 bits per heavy atom. The number of aryl methyl sites for hydroxylation is 1. The Bertz CT molecular complexity index is 893. The van der Waals surface area contributed by atoms with Crippen LogP contribution < -0.4 is 10.1 Å². The number of hydrogen-bond acceptors (Lipinski definition) is 11. The molecule has 1 aromatic rings. The van der Waals surface area contributed by atoms with Crippen molar-refractivity contribution in [2.24, 2.45) is 5.29 Å². The lowest BCUT2D eigenvalue weighted by molar-refractivity contribution is -0.158. The second-order valence-corrected chi connectivity index (χ2v) is 9.53. The predicted octanol–water partition coefficient (Wildman–Crippen LogP) is 1.08. The lowest BCUT2D eigenvalue weighted by atomic mass is 10.1. The summed E-state index contributed by atoms with van der Waals surface area (Å²) < 4.78 is 27.2. The van der Waals surface area contributed by atoms with Crippen LogP contribution in [0.5, 0.6) is 5.75 Å². The molecule has 13 heteroatoms. The molecule has 212 valence electrons. The number of esters is 1. The fourth-order valence-electron chi connectivity index (χ4n) is 3.90. The quantitative estimate of drug-likeness (QED) is 0.153.